The Hall–Kier alpha value is -0.0300. The van der Waals surface area contributed by atoms with E-state index in [-0.39, 0.29) is 30.7 Å². The van der Waals surface area contributed by atoms with Gasteiger partial charge in [-0.1, -0.05) is 13.8 Å². The van der Waals surface area contributed by atoms with Gasteiger partial charge in [0.15, 0.2) is 0 Å². The second kappa shape index (κ2) is 10.1. The van der Waals surface area contributed by atoms with Crippen molar-refractivity contribution in [3.63, 3.8) is 0 Å². The number of halogens is 2. The van der Waals surface area contributed by atoms with Crippen LogP contribution in [0.25, 0.3) is 0 Å². The molecule has 6 heteroatoms. The van der Waals surface area contributed by atoms with Gasteiger partial charge in [0.25, 0.3) is 0 Å². The van der Waals surface area contributed by atoms with E-state index in [2.05, 4.69) is 5.32 Å². The molecule has 0 saturated carbocycles. The molecular weight excluding hydrogens is 249 g/mol. The number of nitrogens with two attached hydrogens (primary N) is 1. The number of nitrogens with zero attached hydrogens (tertiary/aromatic N) is 1. The van der Waals surface area contributed by atoms with E-state index in [1.54, 1.807) is 0 Å². The molecule has 0 aliphatic carbocycles. The highest BCUT2D eigenvalue weighted by Gasteiger charge is 2.29. The molecule has 0 rings (SSSR count). The SMILES string of the molecule is CCC(N)(CC)C(=O)NCCN(C)C.Cl.Cl. The van der Waals surface area contributed by atoms with Crippen LogP contribution in [0, 0.1) is 0 Å². The first-order valence-corrected chi connectivity index (χ1v) is 5.18. The quantitative estimate of drug-likeness (QED) is 0.760. The number of rotatable bonds is 6. The molecule has 3 N–H and O–H groups in total. The number of nitrogens with one attached hydrogen (secondary N) is 1. The molecule has 0 aliphatic rings. The summed E-state index contributed by atoms with van der Waals surface area (Å²) in [6.45, 7) is 5.38. The van der Waals surface area contributed by atoms with E-state index in [1.807, 2.05) is 32.8 Å². The molecule has 0 bridgehead atoms. The van der Waals surface area contributed by atoms with Crippen molar-refractivity contribution in [2.75, 3.05) is 27.2 Å². The first-order valence-electron chi connectivity index (χ1n) is 5.18. The molecular formula is C10H25Cl2N3O. The topological polar surface area (TPSA) is 58.4 Å². The fourth-order valence-corrected chi connectivity index (χ4v) is 1.14. The number of carbonyl (C=O) groups is 1. The molecule has 0 saturated heterocycles. The highest BCUT2D eigenvalue weighted by atomic mass is 35.5. The number of hydrogen-bond acceptors (Lipinski definition) is 3. The minimum Gasteiger partial charge on any atom is -0.353 e. The summed E-state index contributed by atoms with van der Waals surface area (Å²) in [4.78, 5) is 13.7. The van der Waals surface area contributed by atoms with Crippen molar-refractivity contribution in [2.24, 2.45) is 5.73 Å². The molecule has 100 valence electrons. The maximum atomic E-state index is 11.7. The highest BCUT2D eigenvalue weighted by Crippen LogP contribution is 2.10. The van der Waals surface area contributed by atoms with Gasteiger partial charge in [-0.25, -0.2) is 0 Å². The van der Waals surface area contributed by atoms with E-state index in [4.69, 9.17) is 5.73 Å². The van der Waals surface area contributed by atoms with Gasteiger partial charge in [-0.15, -0.1) is 24.8 Å². The van der Waals surface area contributed by atoms with Gasteiger partial charge in [0, 0.05) is 13.1 Å². The molecule has 0 fully saturated rings. The molecule has 0 aromatic rings. The Balaban J connectivity index is -0.000000845. The Morgan fingerprint density at radius 2 is 1.69 bits per heavy atom. The Labute approximate surface area is 111 Å². The number of hydrogen-bond donors (Lipinski definition) is 2. The molecule has 0 aromatic carbocycles. The fraction of sp³-hybridized carbons (Fsp3) is 0.900. The average Bonchev–Trinajstić information content (AvgIpc) is 2.15. The van der Waals surface area contributed by atoms with E-state index in [9.17, 15) is 4.79 Å². The second-order valence-electron chi connectivity index (χ2n) is 3.92. The summed E-state index contributed by atoms with van der Waals surface area (Å²) in [7, 11) is 3.95. The van der Waals surface area contributed by atoms with Crippen LogP contribution < -0.4 is 11.1 Å². The van der Waals surface area contributed by atoms with Gasteiger partial charge in [-0.05, 0) is 26.9 Å². The summed E-state index contributed by atoms with van der Waals surface area (Å²) >= 11 is 0. The van der Waals surface area contributed by atoms with E-state index >= 15 is 0 Å². The normalized spacial score (nSPS) is 10.4. The molecule has 0 heterocycles. The van der Waals surface area contributed by atoms with Crippen molar-refractivity contribution in [1.29, 1.82) is 0 Å². The van der Waals surface area contributed by atoms with Crippen molar-refractivity contribution in [3.8, 4) is 0 Å². The molecule has 0 aliphatic heterocycles. The zero-order valence-corrected chi connectivity index (χ0v) is 12.2. The van der Waals surface area contributed by atoms with Crippen molar-refractivity contribution < 1.29 is 4.79 Å². The van der Waals surface area contributed by atoms with Gasteiger partial charge < -0.3 is 16.0 Å². The number of likely N-dealkylation sites (N-methyl/N-ethyl adjacent to an activating group) is 1. The van der Waals surface area contributed by atoms with Crippen LogP contribution in [0.3, 0.4) is 0 Å². The monoisotopic (exact) mass is 273 g/mol. The van der Waals surface area contributed by atoms with Crippen molar-refractivity contribution >= 4 is 30.7 Å². The third-order valence-electron chi connectivity index (χ3n) is 2.56. The van der Waals surface area contributed by atoms with Gasteiger partial charge in [-0.2, -0.15) is 0 Å². The molecule has 0 spiro atoms. The standard InChI is InChI=1S/C10H23N3O.2ClH/c1-5-10(11,6-2)9(14)12-7-8-13(3)4;;/h5-8,11H2,1-4H3,(H,12,14);2*1H. The van der Waals surface area contributed by atoms with Gasteiger partial charge in [0.1, 0.15) is 0 Å². The van der Waals surface area contributed by atoms with Crippen molar-refractivity contribution in [1.82, 2.24) is 10.2 Å². The van der Waals surface area contributed by atoms with Crippen LogP contribution in [0.5, 0.6) is 0 Å². The molecule has 0 atom stereocenters. The number of amides is 1. The Morgan fingerprint density at radius 1 is 1.25 bits per heavy atom. The van der Waals surface area contributed by atoms with E-state index < -0.39 is 5.54 Å². The molecule has 1 amide bonds. The highest BCUT2D eigenvalue weighted by molar-refractivity contribution is 5.86. The van der Waals surface area contributed by atoms with Gasteiger partial charge in [0.05, 0.1) is 5.54 Å². The van der Waals surface area contributed by atoms with Gasteiger partial charge in [0.2, 0.25) is 5.91 Å². The van der Waals surface area contributed by atoms with Gasteiger partial charge in [-0.3, -0.25) is 4.79 Å². The van der Waals surface area contributed by atoms with Gasteiger partial charge >= 0.3 is 0 Å². The second-order valence-corrected chi connectivity index (χ2v) is 3.92. The van der Waals surface area contributed by atoms with E-state index in [0.29, 0.717) is 19.4 Å². The number of carbonyl (C=O) groups excluding carboxylic acids is 1. The van der Waals surface area contributed by atoms with Crippen LogP contribution >= 0.6 is 24.8 Å². The smallest absolute Gasteiger partial charge is 0.240 e. The lowest BCUT2D eigenvalue weighted by Gasteiger charge is -2.25. The van der Waals surface area contributed by atoms with Crippen LogP contribution in [0.4, 0.5) is 0 Å². The first-order chi connectivity index (χ1) is 6.46. The summed E-state index contributed by atoms with van der Waals surface area (Å²) in [5.41, 5.74) is 5.24. The summed E-state index contributed by atoms with van der Waals surface area (Å²) < 4.78 is 0. The van der Waals surface area contributed by atoms with Crippen LogP contribution in [-0.2, 0) is 4.79 Å². The Kier molecular flexibility index (Phi) is 13.5. The van der Waals surface area contributed by atoms with Crippen LogP contribution in [-0.4, -0.2) is 43.5 Å². The average molecular weight is 274 g/mol. The van der Waals surface area contributed by atoms with Crippen LogP contribution in [0.15, 0.2) is 0 Å². The molecule has 0 radical (unpaired) electrons. The summed E-state index contributed by atoms with van der Waals surface area (Å²) in [5.74, 6) is -0.0376. The zero-order valence-electron chi connectivity index (χ0n) is 10.6. The molecule has 16 heavy (non-hydrogen) atoms. The summed E-state index contributed by atoms with van der Waals surface area (Å²) in [6, 6.07) is 0. The predicted molar refractivity (Wildman–Crippen MR) is 73.6 cm³/mol. The maximum absolute atomic E-state index is 11.7. The zero-order chi connectivity index (χ0) is 11.2. The predicted octanol–water partition coefficient (Wildman–Crippen LogP) is 1.03. The fourth-order valence-electron chi connectivity index (χ4n) is 1.14. The summed E-state index contributed by atoms with van der Waals surface area (Å²) in [5, 5.41) is 2.85. The Morgan fingerprint density at radius 3 is 2.00 bits per heavy atom. The third kappa shape index (κ3) is 7.28. The van der Waals surface area contributed by atoms with E-state index in [0.717, 1.165) is 6.54 Å². The van der Waals surface area contributed by atoms with Crippen molar-refractivity contribution in [3.05, 3.63) is 0 Å². The lowest BCUT2D eigenvalue weighted by molar-refractivity contribution is -0.126. The van der Waals surface area contributed by atoms with Crippen LogP contribution in [0.1, 0.15) is 26.7 Å². The third-order valence-corrected chi connectivity index (χ3v) is 2.56. The first kappa shape index (κ1) is 21.3. The summed E-state index contributed by atoms with van der Waals surface area (Å²) in [6.07, 6.45) is 1.36. The van der Waals surface area contributed by atoms with Crippen molar-refractivity contribution in [2.45, 2.75) is 32.2 Å². The molecule has 4 nitrogen and oxygen atoms in total. The van der Waals surface area contributed by atoms with E-state index in [1.165, 1.54) is 0 Å². The minimum absolute atomic E-state index is 0. The van der Waals surface area contributed by atoms with Crippen LogP contribution in [0.2, 0.25) is 0 Å². The minimum atomic E-state index is -0.688. The lowest BCUT2D eigenvalue weighted by Crippen LogP contribution is -2.53. The molecule has 0 unspecified atom stereocenters. The molecule has 0 aromatic heterocycles. The lowest BCUT2D eigenvalue weighted by atomic mass is 9.93. The largest absolute Gasteiger partial charge is 0.353 e. The maximum Gasteiger partial charge on any atom is 0.240 e. The Bertz CT molecular complexity index is 185.